The van der Waals surface area contributed by atoms with E-state index >= 15 is 0 Å². The molecule has 0 aliphatic heterocycles. The number of hydrogen-bond donors (Lipinski definition) is 2. The van der Waals surface area contributed by atoms with Crippen molar-refractivity contribution in [3.8, 4) is 5.75 Å². The van der Waals surface area contributed by atoms with Crippen molar-refractivity contribution in [1.82, 2.24) is 5.32 Å². The lowest BCUT2D eigenvalue weighted by Gasteiger charge is -2.20. The predicted octanol–water partition coefficient (Wildman–Crippen LogP) is 3.46. The summed E-state index contributed by atoms with van der Waals surface area (Å²) in [6.07, 6.45) is 0.924. The van der Waals surface area contributed by atoms with Gasteiger partial charge in [-0.05, 0) is 45.4 Å². The van der Waals surface area contributed by atoms with Crippen LogP contribution in [-0.2, 0) is 4.79 Å². The molecular formula is C15H23ClN2O2. The van der Waals surface area contributed by atoms with Crippen LogP contribution in [0.1, 0.15) is 34.1 Å². The summed E-state index contributed by atoms with van der Waals surface area (Å²) in [4.78, 5) is 11.8. The van der Waals surface area contributed by atoms with Crippen molar-refractivity contribution in [3.05, 3.63) is 23.2 Å². The lowest BCUT2D eigenvalue weighted by molar-refractivity contribution is -0.115. The van der Waals surface area contributed by atoms with Gasteiger partial charge in [0.1, 0.15) is 5.75 Å². The van der Waals surface area contributed by atoms with Gasteiger partial charge in [-0.1, -0.05) is 18.5 Å². The van der Waals surface area contributed by atoms with Gasteiger partial charge in [0, 0.05) is 11.2 Å². The third-order valence-corrected chi connectivity index (χ3v) is 2.75. The Labute approximate surface area is 125 Å². The fourth-order valence-electron chi connectivity index (χ4n) is 1.46. The molecule has 0 aliphatic carbocycles. The third kappa shape index (κ3) is 6.26. The lowest BCUT2D eigenvalue weighted by Crippen LogP contribution is -2.41. The number of rotatable bonds is 6. The molecule has 0 aromatic heterocycles. The average Bonchev–Trinajstić information content (AvgIpc) is 2.35. The summed E-state index contributed by atoms with van der Waals surface area (Å²) in [5, 5.41) is 6.42. The highest BCUT2D eigenvalue weighted by atomic mass is 35.5. The van der Waals surface area contributed by atoms with Gasteiger partial charge in [-0.3, -0.25) is 4.79 Å². The molecule has 1 amide bonds. The van der Waals surface area contributed by atoms with Crippen LogP contribution in [0.2, 0.25) is 5.02 Å². The van der Waals surface area contributed by atoms with Crippen molar-refractivity contribution in [1.29, 1.82) is 0 Å². The Morgan fingerprint density at radius 2 is 2.05 bits per heavy atom. The maximum atomic E-state index is 11.8. The highest BCUT2D eigenvalue weighted by Crippen LogP contribution is 2.27. The van der Waals surface area contributed by atoms with Crippen LogP contribution in [0.25, 0.3) is 0 Å². The highest BCUT2D eigenvalue weighted by Gasteiger charge is 2.12. The maximum Gasteiger partial charge on any atom is 0.238 e. The lowest BCUT2D eigenvalue weighted by atomic mass is 10.1. The predicted molar refractivity (Wildman–Crippen MR) is 83.6 cm³/mol. The number of hydrogen-bond acceptors (Lipinski definition) is 3. The van der Waals surface area contributed by atoms with Crippen LogP contribution in [0, 0.1) is 0 Å². The molecule has 0 heterocycles. The van der Waals surface area contributed by atoms with Gasteiger partial charge >= 0.3 is 0 Å². The Bertz CT molecular complexity index is 456. The van der Waals surface area contributed by atoms with Gasteiger partial charge in [-0.2, -0.15) is 0 Å². The van der Waals surface area contributed by atoms with Crippen LogP contribution < -0.4 is 15.4 Å². The quantitative estimate of drug-likeness (QED) is 0.845. The molecule has 5 heteroatoms. The van der Waals surface area contributed by atoms with E-state index in [0.717, 1.165) is 6.42 Å². The van der Waals surface area contributed by atoms with E-state index in [1.165, 1.54) is 0 Å². The fourth-order valence-corrected chi connectivity index (χ4v) is 1.69. The maximum absolute atomic E-state index is 11.8. The molecule has 0 unspecified atom stereocenters. The zero-order valence-corrected chi connectivity index (χ0v) is 13.3. The topological polar surface area (TPSA) is 50.4 Å². The van der Waals surface area contributed by atoms with Crippen LogP contribution in [0.4, 0.5) is 5.69 Å². The van der Waals surface area contributed by atoms with E-state index in [-0.39, 0.29) is 18.0 Å². The van der Waals surface area contributed by atoms with Crippen molar-refractivity contribution in [2.75, 3.05) is 18.5 Å². The Hall–Kier alpha value is -1.26. The smallest absolute Gasteiger partial charge is 0.238 e. The number of carbonyl (C=O) groups is 1. The van der Waals surface area contributed by atoms with Gasteiger partial charge in [0.2, 0.25) is 5.91 Å². The molecule has 4 nitrogen and oxygen atoms in total. The Balaban J connectivity index is 2.56. The summed E-state index contributed by atoms with van der Waals surface area (Å²) in [7, 11) is 0. The van der Waals surface area contributed by atoms with Gasteiger partial charge in [-0.15, -0.1) is 0 Å². The van der Waals surface area contributed by atoms with Crippen molar-refractivity contribution < 1.29 is 9.53 Å². The highest BCUT2D eigenvalue weighted by molar-refractivity contribution is 6.32. The molecule has 1 aromatic carbocycles. The van der Waals surface area contributed by atoms with Gasteiger partial charge in [0.15, 0.2) is 0 Å². The zero-order chi connectivity index (χ0) is 15.2. The first-order valence-electron chi connectivity index (χ1n) is 6.79. The SMILES string of the molecule is CCCOc1ccc(NC(=O)CNC(C)(C)C)cc1Cl. The molecule has 112 valence electrons. The van der Waals surface area contributed by atoms with E-state index in [0.29, 0.717) is 23.1 Å². The Morgan fingerprint density at radius 3 is 2.60 bits per heavy atom. The summed E-state index contributed by atoms with van der Waals surface area (Å²) in [6.45, 7) is 8.95. The van der Waals surface area contributed by atoms with Crippen LogP contribution in [-0.4, -0.2) is 24.6 Å². The zero-order valence-electron chi connectivity index (χ0n) is 12.5. The summed E-state index contributed by atoms with van der Waals surface area (Å²) < 4.78 is 5.48. The monoisotopic (exact) mass is 298 g/mol. The van der Waals surface area contributed by atoms with Crippen molar-refractivity contribution in [3.63, 3.8) is 0 Å². The molecular weight excluding hydrogens is 276 g/mol. The second-order valence-corrected chi connectivity index (χ2v) is 6.05. The van der Waals surface area contributed by atoms with Gasteiger partial charge in [0.25, 0.3) is 0 Å². The molecule has 0 saturated heterocycles. The first-order valence-corrected chi connectivity index (χ1v) is 7.17. The first-order chi connectivity index (χ1) is 9.31. The molecule has 0 aliphatic rings. The van der Waals surface area contributed by atoms with Gasteiger partial charge < -0.3 is 15.4 Å². The van der Waals surface area contributed by atoms with Crippen molar-refractivity contribution in [2.24, 2.45) is 0 Å². The second kappa shape index (κ2) is 7.50. The molecule has 0 spiro atoms. The number of amides is 1. The minimum absolute atomic E-state index is 0.0904. The van der Waals surface area contributed by atoms with Crippen LogP contribution in [0.15, 0.2) is 18.2 Å². The molecule has 2 N–H and O–H groups in total. The molecule has 0 fully saturated rings. The van der Waals surface area contributed by atoms with Crippen molar-refractivity contribution >= 4 is 23.2 Å². The number of anilines is 1. The second-order valence-electron chi connectivity index (χ2n) is 5.65. The van der Waals surface area contributed by atoms with E-state index in [1.54, 1.807) is 18.2 Å². The molecule has 1 rings (SSSR count). The number of ether oxygens (including phenoxy) is 1. The van der Waals surface area contributed by atoms with Crippen LogP contribution in [0.3, 0.4) is 0 Å². The number of carbonyl (C=O) groups excluding carboxylic acids is 1. The van der Waals surface area contributed by atoms with Crippen LogP contribution in [0.5, 0.6) is 5.75 Å². The third-order valence-electron chi connectivity index (χ3n) is 2.46. The van der Waals surface area contributed by atoms with E-state index in [1.807, 2.05) is 27.7 Å². The van der Waals surface area contributed by atoms with E-state index < -0.39 is 0 Å². The van der Waals surface area contributed by atoms with Crippen LogP contribution >= 0.6 is 11.6 Å². The number of nitrogens with one attached hydrogen (secondary N) is 2. The Kier molecular flexibility index (Phi) is 6.30. The summed E-state index contributed by atoms with van der Waals surface area (Å²) in [5.41, 5.74) is 0.576. The van der Waals surface area contributed by atoms with E-state index in [9.17, 15) is 4.79 Å². The van der Waals surface area contributed by atoms with Gasteiger partial charge in [0.05, 0.1) is 18.2 Å². The minimum Gasteiger partial charge on any atom is -0.492 e. The average molecular weight is 299 g/mol. The number of halogens is 1. The summed E-state index contributed by atoms with van der Waals surface area (Å²) >= 11 is 6.11. The van der Waals surface area contributed by atoms with Gasteiger partial charge in [-0.25, -0.2) is 0 Å². The standard InChI is InChI=1S/C15H23ClN2O2/c1-5-8-20-13-7-6-11(9-12(13)16)18-14(19)10-17-15(2,3)4/h6-7,9,17H,5,8,10H2,1-4H3,(H,18,19). The molecule has 0 radical (unpaired) electrons. The number of benzene rings is 1. The first kappa shape index (κ1) is 16.8. The normalized spacial score (nSPS) is 11.2. The largest absolute Gasteiger partial charge is 0.492 e. The summed E-state index contributed by atoms with van der Waals surface area (Å²) in [5.74, 6) is 0.539. The molecule has 0 atom stereocenters. The fraction of sp³-hybridized carbons (Fsp3) is 0.533. The molecule has 0 bridgehead atoms. The summed E-state index contributed by atoms with van der Waals surface area (Å²) in [6, 6.07) is 5.25. The van der Waals surface area contributed by atoms with E-state index in [4.69, 9.17) is 16.3 Å². The molecule has 1 aromatic rings. The van der Waals surface area contributed by atoms with E-state index in [2.05, 4.69) is 10.6 Å². The minimum atomic E-state index is -0.0989. The Morgan fingerprint density at radius 1 is 1.35 bits per heavy atom. The molecule has 20 heavy (non-hydrogen) atoms. The molecule has 0 saturated carbocycles. The van der Waals surface area contributed by atoms with Crippen molar-refractivity contribution in [2.45, 2.75) is 39.7 Å².